The van der Waals surface area contributed by atoms with E-state index in [0.29, 0.717) is 17.2 Å². The van der Waals surface area contributed by atoms with Crippen molar-refractivity contribution in [2.24, 2.45) is 0 Å². The lowest BCUT2D eigenvalue weighted by Gasteiger charge is -2.30. The molecule has 2 aromatic rings. The number of phenolic OH excluding ortho intramolecular Hbond substituents is 2. The predicted octanol–water partition coefficient (Wildman–Crippen LogP) is 4.14. The highest BCUT2D eigenvalue weighted by Crippen LogP contribution is 2.36. The minimum absolute atomic E-state index is 0.0440. The molecule has 3 rings (SSSR count). The van der Waals surface area contributed by atoms with Crippen molar-refractivity contribution in [3.8, 4) is 11.5 Å². The van der Waals surface area contributed by atoms with Crippen molar-refractivity contribution in [3.63, 3.8) is 0 Å². The summed E-state index contributed by atoms with van der Waals surface area (Å²) < 4.78 is 5.81. The van der Waals surface area contributed by atoms with Gasteiger partial charge in [-0.25, -0.2) is 0 Å². The molecule has 0 saturated heterocycles. The van der Waals surface area contributed by atoms with E-state index in [9.17, 15) is 15.3 Å². The van der Waals surface area contributed by atoms with E-state index in [2.05, 4.69) is 0 Å². The molecule has 0 amide bonds. The first kappa shape index (κ1) is 16.8. The number of hydrogen-bond acceptors (Lipinski definition) is 4. The van der Waals surface area contributed by atoms with Crippen LogP contribution in [0.1, 0.15) is 54.6 Å². The molecule has 1 saturated carbocycles. The Labute approximate surface area is 142 Å². The first-order valence-corrected chi connectivity index (χ1v) is 8.45. The van der Waals surface area contributed by atoms with Gasteiger partial charge >= 0.3 is 0 Å². The van der Waals surface area contributed by atoms with E-state index in [1.165, 1.54) is 5.56 Å². The number of aryl methyl sites for hydroxylation is 1. The molecule has 1 unspecified atom stereocenters. The van der Waals surface area contributed by atoms with Gasteiger partial charge in [-0.2, -0.15) is 0 Å². The number of aromatic hydroxyl groups is 2. The lowest BCUT2D eigenvalue weighted by molar-refractivity contribution is -0.148. The van der Waals surface area contributed by atoms with Gasteiger partial charge in [-0.15, -0.1) is 0 Å². The van der Waals surface area contributed by atoms with Gasteiger partial charge in [0.15, 0.2) is 6.29 Å². The van der Waals surface area contributed by atoms with Crippen molar-refractivity contribution in [1.29, 1.82) is 0 Å². The Morgan fingerprint density at radius 3 is 2.25 bits per heavy atom. The average Bonchev–Trinajstić information content (AvgIpc) is 2.59. The van der Waals surface area contributed by atoms with Gasteiger partial charge in [0.2, 0.25) is 0 Å². The summed E-state index contributed by atoms with van der Waals surface area (Å²) in [6.45, 7) is 1.80. The van der Waals surface area contributed by atoms with Gasteiger partial charge in [0.05, 0.1) is 6.10 Å². The number of ether oxygens (including phenoxy) is 1. The second kappa shape index (κ2) is 7.24. The summed E-state index contributed by atoms with van der Waals surface area (Å²) >= 11 is 0. The molecule has 0 radical (unpaired) electrons. The minimum Gasteiger partial charge on any atom is -0.508 e. The maximum absolute atomic E-state index is 10.3. The number of benzene rings is 2. The Bertz CT molecular complexity index is 673. The van der Waals surface area contributed by atoms with Gasteiger partial charge in [0, 0.05) is 5.56 Å². The highest BCUT2D eigenvalue weighted by atomic mass is 16.6. The maximum Gasteiger partial charge on any atom is 0.181 e. The number of phenols is 2. The topological polar surface area (TPSA) is 69.9 Å². The second-order valence-electron chi connectivity index (χ2n) is 6.60. The summed E-state index contributed by atoms with van der Waals surface area (Å²) in [6.07, 6.45) is 2.91. The first-order valence-electron chi connectivity index (χ1n) is 8.45. The molecule has 3 N–H and O–H groups in total. The second-order valence-corrected chi connectivity index (χ2v) is 6.60. The molecule has 4 heteroatoms. The standard InChI is InChI=1S/C20H24O4/c1-13-12-16(6-11-19(13)22)20(23)24-18-9-4-15(5-10-18)14-2-7-17(21)8-3-14/h2-3,6-8,11-12,15,18,20-23H,4-5,9-10H2,1H3. The summed E-state index contributed by atoms with van der Waals surface area (Å²) in [5.74, 6) is 1.00. The Balaban J connectivity index is 1.54. The molecular weight excluding hydrogens is 304 g/mol. The largest absolute Gasteiger partial charge is 0.508 e. The normalized spacial score (nSPS) is 22.2. The van der Waals surface area contributed by atoms with Crippen molar-refractivity contribution in [1.82, 2.24) is 0 Å². The molecule has 0 aromatic heterocycles. The highest BCUT2D eigenvalue weighted by molar-refractivity contribution is 5.35. The lowest BCUT2D eigenvalue weighted by atomic mass is 9.82. The number of hydrogen-bond donors (Lipinski definition) is 3. The van der Waals surface area contributed by atoms with E-state index < -0.39 is 6.29 Å². The fourth-order valence-electron chi connectivity index (χ4n) is 3.37. The van der Waals surface area contributed by atoms with Crippen LogP contribution in [0.3, 0.4) is 0 Å². The molecule has 2 aromatic carbocycles. The summed E-state index contributed by atoms with van der Waals surface area (Å²) in [5, 5.41) is 29.2. The smallest absolute Gasteiger partial charge is 0.181 e. The van der Waals surface area contributed by atoms with Crippen LogP contribution in [0.15, 0.2) is 42.5 Å². The summed E-state index contributed by atoms with van der Waals surface area (Å²) in [6, 6.07) is 12.4. The van der Waals surface area contributed by atoms with Crippen molar-refractivity contribution in [3.05, 3.63) is 59.2 Å². The van der Waals surface area contributed by atoms with Crippen LogP contribution in [0.2, 0.25) is 0 Å². The van der Waals surface area contributed by atoms with Gasteiger partial charge in [-0.05, 0) is 73.9 Å². The summed E-state index contributed by atoms with van der Waals surface area (Å²) in [5.41, 5.74) is 2.65. The Hall–Kier alpha value is -2.04. The molecule has 1 aliphatic carbocycles. The predicted molar refractivity (Wildman–Crippen MR) is 92.0 cm³/mol. The molecule has 4 nitrogen and oxygen atoms in total. The number of aliphatic hydroxyl groups is 1. The van der Waals surface area contributed by atoms with Crippen molar-refractivity contribution < 1.29 is 20.1 Å². The van der Waals surface area contributed by atoms with Crippen LogP contribution in [0.5, 0.6) is 11.5 Å². The molecule has 0 heterocycles. The van der Waals surface area contributed by atoms with Crippen LogP contribution in [0.4, 0.5) is 0 Å². The van der Waals surface area contributed by atoms with Gasteiger partial charge in [-0.3, -0.25) is 0 Å². The van der Waals surface area contributed by atoms with Gasteiger partial charge < -0.3 is 20.1 Å². The third kappa shape index (κ3) is 3.89. The van der Waals surface area contributed by atoms with Crippen LogP contribution < -0.4 is 0 Å². The number of rotatable bonds is 4. The highest BCUT2D eigenvalue weighted by Gasteiger charge is 2.25. The first-order chi connectivity index (χ1) is 11.5. The van der Waals surface area contributed by atoms with E-state index in [0.717, 1.165) is 31.2 Å². The minimum atomic E-state index is -0.959. The molecule has 0 aliphatic heterocycles. The van der Waals surface area contributed by atoms with Crippen LogP contribution in [-0.4, -0.2) is 21.4 Å². The average molecular weight is 328 g/mol. The van der Waals surface area contributed by atoms with Crippen molar-refractivity contribution in [2.45, 2.75) is 50.9 Å². The Kier molecular flexibility index (Phi) is 5.07. The lowest BCUT2D eigenvalue weighted by Crippen LogP contribution is -2.23. The van der Waals surface area contributed by atoms with E-state index in [1.807, 2.05) is 12.1 Å². The number of aliphatic hydroxyl groups excluding tert-OH is 1. The molecule has 0 spiro atoms. The monoisotopic (exact) mass is 328 g/mol. The van der Waals surface area contributed by atoms with Gasteiger partial charge in [-0.1, -0.05) is 18.2 Å². The van der Waals surface area contributed by atoms with E-state index in [-0.39, 0.29) is 11.9 Å². The Morgan fingerprint density at radius 2 is 1.62 bits per heavy atom. The summed E-state index contributed by atoms with van der Waals surface area (Å²) in [4.78, 5) is 0. The van der Waals surface area contributed by atoms with Gasteiger partial charge in [0.25, 0.3) is 0 Å². The van der Waals surface area contributed by atoms with Crippen molar-refractivity contribution in [2.75, 3.05) is 0 Å². The van der Waals surface area contributed by atoms with Crippen LogP contribution in [0, 0.1) is 6.92 Å². The van der Waals surface area contributed by atoms with E-state index >= 15 is 0 Å². The SMILES string of the molecule is Cc1cc(C(O)OC2CCC(c3ccc(O)cc3)CC2)ccc1O. The third-order valence-corrected chi connectivity index (χ3v) is 4.87. The Morgan fingerprint density at radius 1 is 0.958 bits per heavy atom. The molecule has 1 aliphatic rings. The summed E-state index contributed by atoms with van der Waals surface area (Å²) in [7, 11) is 0. The van der Waals surface area contributed by atoms with Gasteiger partial charge in [0.1, 0.15) is 11.5 Å². The molecular formula is C20H24O4. The fourth-order valence-corrected chi connectivity index (χ4v) is 3.37. The van der Waals surface area contributed by atoms with Crippen LogP contribution in [0.25, 0.3) is 0 Å². The molecule has 128 valence electrons. The zero-order valence-corrected chi connectivity index (χ0v) is 13.9. The van der Waals surface area contributed by atoms with E-state index in [4.69, 9.17) is 4.74 Å². The van der Waals surface area contributed by atoms with Crippen LogP contribution >= 0.6 is 0 Å². The zero-order chi connectivity index (χ0) is 17.1. The maximum atomic E-state index is 10.3. The molecule has 0 bridgehead atoms. The fraction of sp³-hybridized carbons (Fsp3) is 0.400. The molecule has 1 fully saturated rings. The third-order valence-electron chi connectivity index (χ3n) is 4.87. The quantitative estimate of drug-likeness (QED) is 0.738. The molecule has 24 heavy (non-hydrogen) atoms. The zero-order valence-electron chi connectivity index (χ0n) is 13.9. The molecule has 1 atom stereocenters. The van der Waals surface area contributed by atoms with E-state index in [1.54, 1.807) is 37.3 Å². The van der Waals surface area contributed by atoms with Crippen molar-refractivity contribution >= 4 is 0 Å². The van der Waals surface area contributed by atoms with Crippen LogP contribution in [-0.2, 0) is 4.74 Å².